The second-order valence-corrected chi connectivity index (χ2v) is 5.36. The van der Waals surface area contributed by atoms with Gasteiger partial charge in [0.1, 0.15) is 24.7 Å². The van der Waals surface area contributed by atoms with Crippen LogP contribution in [-0.2, 0) is 33.2 Å². The zero-order valence-corrected chi connectivity index (χ0v) is 13.9. The standard InChI is InChI=1S/C17H14F6O4/c1-2-26-15(24)9-25-8-13-3-4-14(27-13)10-5-11(16(18,19)20)7-12(6-10)17(21,22)23/h3-7H,2,8-9H2,1H3. The van der Waals surface area contributed by atoms with Crippen LogP contribution in [0, 0.1) is 0 Å². The Hall–Kier alpha value is -2.49. The van der Waals surface area contributed by atoms with Crippen LogP contribution in [0.3, 0.4) is 0 Å². The zero-order valence-electron chi connectivity index (χ0n) is 13.9. The number of esters is 1. The minimum absolute atomic E-state index is 0.0375. The van der Waals surface area contributed by atoms with E-state index in [0.717, 1.165) is 0 Å². The van der Waals surface area contributed by atoms with Gasteiger partial charge < -0.3 is 13.9 Å². The fourth-order valence-corrected chi connectivity index (χ4v) is 2.15. The summed E-state index contributed by atoms with van der Waals surface area (Å²) in [5.41, 5.74) is -3.26. The number of benzene rings is 1. The van der Waals surface area contributed by atoms with Gasteiger partial charge in [0.2, 0.25) is 0 Å². The van der Waals surface area contributed by atoms with Crippen LogP contribution in [0.15, 0.2) is 34.7 Å². The lowest BCUT2D eigenvalue weighted by Crippen LogP contribution is -2.12. The molecule has 2 aromatic rings. The van der Waals surface area contributed by atoms with E-state index in [0.29, 0.717) is 12.1 Å². The van der Waals surface area contributed by atoms with Gasteiger partial charge in [0.15, 0.2) is 0 Å². The first kappa shape index (κ1) is 20.8. The number of hydrogen-bond donors (Lipinski definition) is 0. The van der Waals surface area contributed by atoms with Crippen LogP contribution in [0.5, 0.6) is 0 Å². The van der Waals surface area contributed by atoms with Crippen LogP contribution in [0.2, 0.25) is 0 Å². The summed E-state index contributed by atoms with van der Waals surface area (Å²) in [6.07, 6.45) is -9.90. The van der Waals surface area contributed by atoms with E-state index in [-0.39, 0.29) is 43.0 Å². The number of furan rings is 1. The minimum Gasteiger partial charge on any atom is -0.464 e. The van der Waals surface area contributed by atoms with Gasteiger partial charge in [0.25, 0.3) is 0 Å². The Morgan fingerprint density at radius 2 is 1.59 bits per heavy atom. The van der Waals surface area contributed by atoms with Crippen molar-refractivity contribution in [1.82, 2.24) is 0 Å². The van der Waals surface area contributed by atoms with Gasteiger partial charge in [-0.3, -0.25) is 0 Å². The summed E-state index contributed by atoms with van der Waals surface area (Å²) in [7, 11) is 0. The molecule has 10 heteroatoms. The fourth-order valence-electron chi connectivity index (χ4n) is 2.15. The molecule has 148 valence electrons. The van der Waals surface area contributed by atoms with Crippen molar-refractivity contribution in [3.05, 3.63) is 47.2 Å². The van der Waals surface area contributed by atoms with E-state index in [2.05, 4.69) is 4.74 Å². The van der Waals surface area contributed by atoms with Crippen molar-refractivity contribution in [3.8, 4) is 11.3 Å². The summed E-state index contributed by atoms with van der Waals surface area (Å²) in [6.45, 7) is 1.21. The van der Waals surface area contributed by atoms with E-state index in [4.69, 9.17) is 9.15 Å². The van der Waals surface area contributed by atoms with E-state index in [9.17, 15) is 31.1 Å². The zero-order chi connectivity index (χ0) is 20.2. The molecule has 27 heavy (non-hydrogen) atoms. The van der Waals surface area contributed by atoms with Gasteiger partial charge in [0, 0.05) is 5.56 Å². The van der Waals surface area contributed by atoms with Crippen LogP contribution < -0.4 is 0 Å². The van der Waals surface area contributed by atoms with Gasteiger partial charge in [0.05, 0.1) is 17.7 Å². The normalized spacial score (nSPS) is 12.3. The predicted molar refractivity (Wildman–Crippen MR) is 80.4 cm³/mol. The van der Waals surface area contributed by atoms with Gasteiger partial charge >= 0.3 is 18.3 Å². The Balaban J connectivity index is 2.23. The Bertz CT molecular complexity index is 759. The van der Waals surface area contributed by atoms with E-state index in [1.54, 1.807) is 6.92 Å². The largest absolute Gasteiger partial charge is 0.464 e. The number of carbonyl (C=O) groups excluding carboxylic acids is 1. The summed E-state index contributed by atoms with van der Waals surface area (Å²) in [5.74, 6) is -0.682. The molecule has 1 aromatic carbocycles. The highest BCUT2D eigenvalue weighted by molar-refractivity contribution is 5.70. The molecule has 0 aliphatic carbocycles. The second kappa shape index (κ2) is 8.03. The topological polar surface area (TPSA) is 48.7 Å². The van der Waals surface area contributed by atoms with Crippen LogP contribution in [-0.4, -0.2) is 19.2 Å². The minimum atomic E-state index is -4.95. The molecular formula is C17H14F6O4. The molecule has 0 aliphatic rings. The van der Waals surface area contributed by atoms with Gasteiger partial charge in [-0.1, -0.05) is 0 Å². The van der Waals surface area contributed by atoms with Crippen molar-refractivity contribution in [3.63, 3.8) is 0 Å². The molecule has 0 unspecified atom stereocenters. The molecule has 0 bridgehead atoms. The lowest BCUT2D eigenvalue weighted by atomic mass is 10.0. The SMILES string of the molecule is CCOC(=O)COCc1ccc(-c2cc(C(F)(F)F)cc(C(F)(F)F)c2)o1. The molecule has 1 heterocycles. The summed E-state index contributed by atoms with van der Waals surface area (Å²) in [6, 6.07) is 3.72. The Kier molecular flexibility index (Phi) is 6.19. The van der Waals surface area contributed by atoms with E-state index < -0.39 is 29.4 Å². The Morgan fingerprint density at radius 1 is 1.00 bits per heavy atom. The second-order valence-electron chi connectivity index (χ2n) is 5.36. The smallest absolute Gasteiger partial charge is 0.416 e. The Labute approximate surface area is 149 Å². The first-order valence-corrected chi connectivity index (χ1v) is 7.62. The van der Waals surface area contributed by atoms with Gasteiger partial charge in [-0.2, -0.15) is 26.3 Å². The van der Waals surface area contributed by atoms with E-state index >= 15 is 0 Å². The maximum Gasteiger partial charge on any atom is 0.416 e. The summed E-state index contributed by atoms with van der Waals surface area (Å²) in [4.78, 5) is 11.1. The van der Waals surface area contributed by atoms with Crippen molar-refractivity contribution in [2.75, 3.05) is 13.2 Å². The molecule has 0 aliphatic heterocycles. The lowest BCUT2D eigenvalue weighted by Gasteiger charge is -2.13. The summed E-state index contributed by atoms with van der Waals surface area (Å²) < 4.78 is 92.3. The number of rotatable bonds is 6. The third-order valence-corrected chi connectivity index (χ3v) is 3.30. The van der Waals surface area contributed by atoms with Gasteiger partial charge in [-0.25, -0.2) is 4.79 Å². The van der Waals surface area contributed by atoms with Crippen molar-refractivity contribution in [2.45, 2.75) is 25.9 Å². The summed E-state index contributed by atoms with van der Waals surface area (Å²) >= 11 is 0. The third kappa shape index (κ3) is 5.75. The highest BCUT2D eigenvalue weighted by Gasteiger charge is 2.37. The average Bonchev–Trinajstić information content (AvgIpc) is 3.02. The molecule has 0 saturated carbocycles. The molecular weight excluding hydrogens is 382 g/mol. The number of halogens is 6. The van der Waals surface area contributed by atoms with Gasteiger partial charge in [-0.05, 0) is 37.3 Å². The fraction of sp³-hybridized carbons (Fsp3) is 0.353. The highest BCUT2D eigenvalue weighted by Crippen LogP contribution is 2.38. The molecule has 0 fully saturated rings. The molecule has 0 radical (unpaired) electrons. The molecule has 1 aromatic heterocycles. The van der Waals surface area contributed by atoms with Crippen molar-refractivity contribution >= 4 is 5.97 Å². The molecule has 0 saturated heterocycles. The molecule has 0 amide bonds. The highest BCUT2D eigenvalue weighted by atomic mass is 19.4. The average molecular weight is 396 g/mol. The molecule has 0 N–H and O–H groups in total. The maximum atomic E-state index is 12.9. The van der Waals surface area contributed by atoms with Gasteiger partial charge in [-0.15, -0.1) is 0 Å². The molecule has 0 atom stereocenters. The first-order valence-electron chi connectivity index (χ1n) is 7.62. The lowest BCUT2D eigenvalue weighted by molar-refractivity contribution is -0.149. The molecule has 2 rings (SSSR count). The number of carbonyl (C=O) groups is 1. The van der Waals surface area contributed by atoms with E-state index in [1.807, 2.05) is 0 Å². The maximum absolute atomic E-state index is 12.9. The number of hydrogen-bond acceptors (Lipinski definition) is 4. The van der Waals surface area contributed by atoms with Crippen LogP contribution >= 0.6 is 0 Å². The van der Waals surface area contributed by atoms with Crippen LogP contribution in [0.25, 0.3) is 11.3 Å². The first-order chi connectivity index (χ1) is 12.5. The third-order valence-electron chi connectivity index (χ3n) is 3.30. The summed E-state index contributed by atoms with van der Waals surface area (Å²) in [5, 5.41) is 0. The van der Waals surface area contributed by atoms with Crippen molar-refractivity contribution in [2.24, 2.45) is 0 Å². The monoisotopic (exact) mass is 396 g/mol. The Morgan fingerprint density at radius 3 is 2.11 bits per heavy atom. The van der Waals surface area contributed by atoms with Crippen LogP contribution in [0.1, 0.15) is 23.8 Å². The number of alkyl halides is 6. The van der Waals surface area contributed by atoms with Crippen molar-refractivity contribution in [1.29, 1.82) is 0 Å². The van der Waals surface area contributed by atoms with Crippen molar-refractivity contribution < 1.29 is 45.0 Å². The molecule has 4 nitrogen and oxygen atoms in total. The predicted octanol–water partition coefficient (Wildman–Crippen LogP) is 5.06. The quantitative estimate of drug-likeness (QED) is 0.506. The molecule has 0 spiro atoms. The van der Waals surface area contributed by atoms with Crippen LogP contribution in [0.4, 0.5) is 26.3 Å². The van der Waals surface area contributed by atoms with E-state index in [1.165, 1.54) is 12.1 Å². The number of ether oxygens (including phenoxy) is 2.